The van der Waals surface area contributed by atoms with Gasteiger partial charge in [0.05, 0.1) is 18.3 Å². The molecule has 15 heavy (non-hydrogen) atoms. The number of terminal acetylenes is 1. The quantitative estimate of drug-likeness (QED) is 0.771. The van der Waals surface area contributed by atoms with E-state index in [1.54, 1.807) is 11.3 Å². The number of hydrogen-bond donors (Lipinski definition) is 1. The molecule has 0 aliphatic carbocycles. The second-order valence-corrected chi connectivity index (χ2v) is 4.36. The van der Waals surface area contributed by atoms with Crippen LogP contribution in [0, 0.1) is 12.3 Å². The Morgan fingerprint density at radius 2 is 2.47 bits per heavy atom. The fraction of sp³-hybridized carbons (Fsp3) is 0.545. The van der Waals surface area contributed by atoms with Crippen LogP contribution in [0.3, 0.4) is 0 Å². The predicted octanol–water partition coefficient (Wildman–Crippen LogP) is 1.62. The Morgan fingerprint density at radius 1 is 1.73 bits per heavy atom. The first kappa shape index (κ1) is 12.2. The van der Waals surface area contributed by atoms with E-state index in [-0.39, 0.29) is 6.04 Å². The van der Waals surface area contributed by atoms with Gasteiger partial charge in [0.15, 0.2) is 0 Å². The van der Waals surface area contributed by atoms with Gasteiger partial charge in [-0.25, -0.2) is 4.98 Å². The van der Waals surface area contributed by atoms with Crippen LogP contribution in [0.1, 0.15) is 30.6 Å². The third kappa shape index (κ3) is 3.63. The van der Waals surface area contributed by atoms with Gasteiger partial charge in [-0.3, -0.25) is 4.90 Å². The van der Waals surface area contributed by atoms with Gasteiger partial charge in [0.2, 0.25) is 0 Å². The first-order valence-corrected chi connectivity index (χ1v) is 5.91. The lowest BCUT2D eigenvalue weighted by molar-refractivity contribution is 0.312. The van der Waals surface area contributed by atoms with Crippen LogP contribution in [0.25, 0.3) is 0 Å². The topological polar surface area (TPSA) is 42.1 Å². The van der Waals surface area contributed by atoms with Crippen molar-refractivity contribution in [2.75, 3.05) is 13.1 Å². The maximum absolute atomic E-state index is 5.75. The summed E-state index contributed by atoms with van der Waals surface area (Å²) < 4.78 is 0. The monoisotopic (exact) mass is 223 g/mol. The number of hydrogen-bond acceptors (Lipinski definition) is 4. The molecule has 1 rings (SSSR count). The summed E-state index contributed by atoms with van der Waals surface area (Å²) in [7, 11) is 0. The molecule has 0 aromatic carbocycles. The molecule has 0 aliphatic rings. The molecule has 1 heterocycles. The molecule has 0 saturated carbocycles. The van der Waals surface area contributed by atoms with E-state index in [1.807, 2.05) is 6.92 Å². The molecule has 82 valence electrons. The van der Waals surface area contributed by atoms with Crippen LogP contribution in [0.15, 0.2) is 5.38 Å². The lowest BCUT2D eigenvalue weighted by Crippen LogP contribution is -2.23. The van der Waals surface area contributed by atoms with Crippen LogP contribution in [0.4, 0.5) is 0 Å². The zero-order valence-electron chi connectivity index (χ0n) is 9.23. The fourth-order valence-corrected chi connectivity index (χ4v) is 2.01. The van der Waals surface area contributed by atoms with Gasteiger partial charge in [0.25, 0.3) is 0 Å². The van der Waals surface area contributed by atoms with E-state index in [4.69, 9.17) is 12.2 Å². The molecule has 0 fully saturated rings. The summed E-state index contributed by atoms with van der Waals surface area (Å²) in [4.78, 5) is 6.63. The van der Waals surface area contributed by atoms with Crippen LogP contribution < -0.4 is 5.73 Å². The van der Waals surface area contributed by atoms with E-state index in [1.165, 1.54) is 0 Å². The Balaban J connectivity index is 2.60. The standard InChI is InChI=1S/C11H17N3S/c1-4-6-14(5-2)7-10-8-15-11(13-10)9(3)12/h1,8-9H,5-7,12H2,2-3H3. The minimum absolute atomic E-state index is 0.0199. The van der Waals surface area contributed by atoms with Crippen LogP contribution in [-0.2, 0) is 6.54 Å². The van der Waals surface area contributed by atoms with Crippen molar-refractivity contribution >= 4 is 11.3 Å². The molecule has 3 nitrogen and oxygen atoms in total. The molecule has 0 radical (unpaired) electrons. The molecule has 1 unspecified atom stereocenters. The van der Waals surface area contributed by atoms with E-state index < -0.39 is 0 Å². The van der Waals surface area contributed by atoms with Crippen LogP contribution >= 0.6 is 11.3 Å². The Labute approximate surface area is 95.3 Å². The van der Waals surface area contributed by atoms with Crippen molar-refractivity contribution in [2.24, 2.45) is 5.73 Å². The highest BCUT2D eigenvalue weighted by molar-refractivity contribution is 7.09. The lowest BCUT2D eigenvalue weighted by atomic mass is 10.3. The lowest BCUT2D eigenvalue weighted by Gasteiger charge is -2.15. The summed E-state index contributed by atoms with van der Waals surface area (Å²) in [6.07, 6.45) is 5.28. The summed E-state index contributed by atoms with van der Waals surface area (Å²) in [6, 6.07) is 0.0199. The highest BCUT2D eigenvalue weighted by Gasteiger charge is 2.08. The maximum Gasteiger partial charge on any atom is 0.109 e. The van der Waals surface area contributed by atoms with Crippen molar-refractivity contribution in [3.63, 3.8) is 0 Å². The van der Waals surface area contributed by atoms with E-state index in [2.05, 4.69) is 28.1 Å². The van der Waals surface area contributed by atoms with Crippen LogP contribution in [0.5, 0.6) is 0 Å². The van der Waals surface area contributed by atoms with Crippen LogP contribution in [-0.4, -0.2) is 23.0 Å². The van der Waals surface area contributed by atoms with Gasteiger partial charge in [-0.05, 0) is 13.5 Å². The molecule has 0 bridgehead atoms. The average molecular weight is 223 g/mol. The molecular formula is C11H17N3S. The Hall–Kier alpha value is -0.890. The van der Waals surface area contributed by atoms with Crippen molar-refractivity contribution in [2.45, 2.75) is 26.4 Å². The zero-order chi connectivity index (χ0) is 11.3. The molecule has 0 spiro atoms. The summed E-state index contributed by atoms with van der Waals surface area (Å²) in [5.41, 5.74) is 6.81. The second-order valence-electron chi connectivity index (χ2n) is 3.47. The molecule has 1 atom stereocenters. The third-order valence-corrected chi connectivity index (χ3v) is 3.20. The molecule has 1 aromatic rings. The highest BCUT2D eigenvalue weighted by Crippen LogP contribution is 2.16. The minimum Gasteiger partial charge on any atom is -0.322 e. The van der Waals surface area contributed by atoms with E-state index >= 15 is 0 Å². The van der Waals surface area contributed by atoms with Crippen molar-refractivity contribution in [1.29, 1.82) is 0 Å². The SMILES string of the molecule is C#CCN(CC)Cc1csc(C(C)N)n1. The largest absolute Gasteiger partial charge is 0.322 e. The fourth-order valence-electron chi connectivity index (χ4n) is 1.24. The number of rotatable bonds is 5. The van der Waals surface area contributed by atoms with Crippen molar-refractivity contribution < 1.29 is 0 Å². The highest BCUT2D eigenvalue weighted by atomic mass is 32.1. The summed E-state index contributed by atoms with van der Waals surface area (Å²) in [5.74, 6) is 2.65. The Morgan fingerprint density at radius 3 is 2.93 bits per heavy atom. The van der Waals surface area contributed by atoms with Gasteiger partial charge < -0.3 is 5.73 Å². The minimum atomic E-state index is 0.0199. The summed E-state index contributed by atoms with van der Waals surface area (Å²) >= 11 is 1.61. The van der Waals surface area contributed by atoms with Gasteiger partial charge in [-0.2, -0.15) is 0 Å². The zero-order valence-corrected chi connectivity index (χ0v) is 10.0. The predicted molar refractivity (Wildman–Crippen MR) is 64.5 cm³/mol. The van der Waals surface area contributed by atoms with Gasteiger partial charge >= 0.3 is 0 Å². The first-order chi connectivity index (χ1) is 7.17. The van der Waals surface area contributed by atoms with Crippen LogP contribution in [0.2, 0.25) is 0 Å². The normalized spacial score (nSPS) is 12.7. The molecule has 0 amide bonds. The van der Waals surface area contributed by atoms with E-state index in [9.17, 15) is 0 Å². The van der Waals surface area contributed by atoms with Gasteiger partial charge in [0, 0.05) is 11.9 Å². The number of thiazole rings is 1. The summed E-state index contributed by atoms with van der Waals surface area (Å²) in [6.45, 7) is 6.46. The smallest absolute Gasteiger partial charge is 0.109 e. The number of aromatic nitrogens is 1. The molecule has 4 heteroatoms. The molecule has 2 N–H and O–H groups in total. The Kier molecular flexibility index (Phi) is 4.76. The van der Waals surface area contributed by atoms with Crippen molar-refractivity contribution in [3.8, 4) is 12.3 Å². The van der Waals surface area contributed by atoms with Gasteiger partial charge in [-0.1, -0.05) is 12.8 Å². The van der Waals surface area contributed by atoms with Crippen molar-refractivity contribution in [3.05, 3.63) is 16.1 Å². The third-order valence-electron chi connectivity index (χ3n) is 2.11. The Bertz CT molecular complexity index is 338. The van der Waals surface area contributed by atoms with E-state index in [0.29, 0.717) is 6.54 Å². The molecule has 0 aliphatic heterocycles. The number of nitrogens with two attached hydrogens (primary N) is 1. The van der Waals surface area contributed by atoms with Gasteiger partial charge in [-0.15, -0.1) is 17.8 Å². The van der Waals surface area contributed by atoms with E-state index in [0.717, 1.165) is 23.8 Å². The average Bonchev–Trinajstić information content (AvgIpc) is 2.65. The molecule has 1 aromatic heterocycles. The second kappa shape index (κ2) is 5.86. The first-order valence-electron chi connectivity index (χ1n) is 5.03. The molecular weight excluding hydrogens is 206 g/mol. The van der Waals surface area contributed by atoms with Gasteiger partial charge in [0.1, 0.15) is 5.01 Å². The number of nitrogens with zero attached hydrogens (tertiary/aromatic N) is 2. The molecule has 0 saturated heterocycles. The maximum atomic E-state index is 5.75. The summed E-state index contributed by atoms with van der Waals surface area (Å²) in [5, 5.41) is 3.04. The van der Waals surface area contributed by atoms with Crippen molar-refractivity contribution in [1.82, 2.24) is 9.88 Å².